The molecule has 0 unspecified atom stereocenters. The summed E-state index contributed by atoms with van der Waals surface area (Å²) in [7, 11) is 0. The zero-order valence-corrected chi connectivity index (χ0v) is 11.2. The van der Waals surface area contributed by atoms with Crippen LogP contribution in [0.1, 0.15) is 27.2 Å². The molecule has 0 spiro atoms. The van der Waals surface area contributed by atoms with Gasteiger partial charge in [-0.25, -0.2) is 4.79 Å². The van der Waals surface area contributed by atoms with E-state index < -0.39 is 0 Å². The van der Waals surface area contributed by atoms with Crippen molar-refractivity contribution in [1.29, 1.82) is 0 Å². The second kappa shape index (κ2) is 7.38. The molecule has 1 aromatic heterocycles. The number of carbonyl (C=O) groups is 1. The highest BCUT2D eigenvalue weighted by atomic mass is 16.2. The van der Waals surface area contributed by atoms with Crippen LogP contribution in [-0.2, 0) is 6.54 Å². The lowest BCUT2D eigenvalue weighted by Gasteiger charge is -2.04. The second-order valence-corrected chi connectivity index (χ2v) is 4.38. The van der Waals surface area contributed by atoms with Crippen molar-refractivity contribution in [3.8, 4) is 11.8 Å². The van der Waals surface area contributed by atoms with Gasteiger partial charge in [-0.3, -0.25) is 10.00 Å². The molecule has 2 amide bonds. The minimum absolute atomic E-state index is 0.285. The zero-order chi connectivity index (χ0) is 13.4. The minimum atomic E-state index is -0.285. The minimum Gasteiger partial charge on any atom is -0.327 e. The first kappa shape index (κ1) is 14.1. The number of carbonyl (C=O) groups excluding carboxylic acids is 1. The Morgan fingerprint density at radius 2 is 2.33 bits per heavy atom. The van der Waals surface area contributed by atoms with Crippen LogP contribution in [0.5, 0.6) is 0 Å². The predicted octanol–water partition coefficient (Wildman–Crippen LogP) is 2.07. The van der Waals surface area contributed by atoms with Crippen molar-refractivity contribution in [3.05, 3.63) is 12.3 Å². The molecule has 0 fully saturated rings. The third-order valence-electron chi connectivity index (χ3n) is 2.33. The number of hydrogen-bond donors (Lipinski definition) is 2. The number of aryl methyl sites for hydroxylation is 1. The Hall–Kier alpha value is -1.96. The number of urea groups is 1. The van der Waals surface area contributed by atoms with Gasteiger partial charge in [-0.05, 0) is 19.3 Å². The molecule has 2 N–H and O–H groups in total. The summed E-state index contributed by atoms with van der Waals surface area (Å²) in [6.07, 6.45) is 2.93. The van der Waals surface area contributed by atoms with Crippen molar-refractivity contribution in [2.45, 2.75) is 33.7 Å². The fourth-order valence-corrected chi connectivity index (χ4v) is 1.32. The molecule has 0 atom stereocenters. The number of nitrogens with zero attached hydrogens (tertiary/aromatic N) is 2. The molecule has 5 nitrogen and oxygen atoms in total. The maximum Gasteiger partial charge on any atom is 0.321 e. The van der Waals surface area contributed by atoms with E-state index in [-0.39, 0.29) is 6.03 Å². The summed E-state index contributed by atoms with van der Waals surface area (Å²) >= 11 is 0. The monoisotopic (exact) mass is 248 g/mol. The van der Waals surface area contributed by atoms with Crippen LogP contribution in [0.2, 0.25) is 0 Å². The van der Waals surface area contributed by atoms with Crippen LogP contribution in [0.15, 0.2) is 12.3 Å². The Morgan fingerprint density at radius 3 is 3.00 bits per heavy atom. The number of rotatable bonds is 5. The van der Waals surface area contributed by atoms with E-state index in [9.17, 15) is 4.79 Å². The van der Waals surface area contributed by atoms with Gasteiger partial charge in [-0.1, -0.05) is 19.8 Å². The Bertz CT molecular complexity index is 439. The zero-order valence-electron chi connectivity index (χ0n) is 11.2. The Kier molecular flexibility index (Phi) is 5.78. The lowest BCUT2D eigenvalue weighted by atomic mass is 10.1. The van der Waals surface area contributed by atoms with Gasteiger partial charge in [0, 0.05) is 18.8 Å². The fourth-order valence-electron chi connectivity index (χ4n) is 1.32. The molecule has 1 rings (SSSR count). The van der Waals surface area contributed by atoms with E-state index in [1.807, 2.05) is 10.9 Å². The molecule has 0 saturated carbocycles. The molecule has 0 saturated heterocycles. The van der Waals surface area contributed by atoms with Crippen LogP contribution in [0.4, 0.5) is 10.6 Å². The largest absolute Gasteiger partial charge is 0.327 e. The number of anilines is 1. The van der Waals surface area contributed by atoms with E-state index in [2.05, 4.69) is 41.4 Å². The molecular weight excluding hydrogens is 228 g/mol. The van der Waals surface area contributed by atoms with Gasteiger partial charge >= 0.3 is 6.03 Å². The molecular formula is C13H20N4O. The maximum atomic E-state index is 11.4. The average molecular weight is 248 g/mol. The highest BCUT2D eigenvalue weighted by Crippen LogP contribution is 2.06. The van der Waals surface area contributed by atoms with Crippen molar-refractivity contribution in [1.82, 2.24) is 15.1 Å². The Labute approximate surface area is 108 Å². The van der Waals surface area contributed by atoms with Crippen LogP contribution in [0.25, 0.3) is 0 Å². The number of nitrogens with one attached hydrogen (secondary N) is 2. The van der Waals surface area contributed by atoms with Crippen LogP contribution < -0.4 is 10.6 Å². The van der Waals surface area contributed by atoms with E-state index in [0.29, 0.717) is 18.3 Å². The van der Waals surface area contributed by atoms with Crippen LogP contribution in [0, 0.1) is 17.8 Å². The number of aromatic nitrogens is 2. The lowest BCUT2D eigenvalue weighted by molar-refractivity contribution is 0.253. The van der Waals surface area contributed by atoms with E-state index >= 15 is 0 Å². The molecule has 98 valence electrons. The SMILES string of the molecule is CC#CCNC(=O)Nc1ccn(CCC(C)C)n1. The molecule has 5 heteroatoms. The smallest absolute Gasteiger partial charge is 0.321 e. The van der Waals surface area contributed by atoms with Gasteiger partial charge < -0.3 is 5.32 Å². The van der Waals surface area contributed by atoms with Gasteiger partial charge in [0.25, 0.3) is 0 Å². The van der Waals surface area contributed by atoms with Crippen molar-refractivity contribution in [3.63, 3.8) is 0 Å². The molecule has 18 heavy (non-hydrogen) atoms. The maximum absolute atomic E-state index is 11.4. The van der Waals surface area contributed by atoms with Crippen molar-refractivity contribution in [2.24, 2.45) is 5.92 Å². The normalized spacial score (nSPS) is 9.78. The van der Waals surface area contributed by atoms with Gasteiger partial charge in [0.2, 0.25) is 0 Å². The molecule has 0 aliphatic rings. The predicted molar refractivity (Wildman–Crippen MR) is 72.2 cm³/mol. The molecule has 1 heterocycles. The summed E-state index contributed by atoms with van der Waals surface area (Å²) in [5.41, 5.74) is 0. The quantitative estimate of drug-likeness (QED) is 0.784. The van der Waals surface area contributed by atoms with E-state index in [0.717, 1.165) is 13.0 Å². The lowest BCUT2D eigenvalue weighted by Crippen LogP contribution is -2.29. The van der Waals surface area contributed by atoms with Crippen molar-refractivity contribution in [2.75, 3.05) is 11.9 Å². The summed E-state index contributed by atoms with van der Waals surface area (Å²) in [6.45, 7) is 7.28. The summed E-state index contributed by atoms with van der Waals surface area (Å²) in [5, 5.41) is 9.54. The summed E-state index contributed by atoms with van der Waals surface area (Å²) in [4.78, 5) is 11.4. The summed E-state index contributed by atoms with van der Waals surface area (Å²) in [6, 6.07) is 1.50. The summed E-state index contributed by atoms with van der Waals surface area (Å²) in [5.74, 6) is 6.66. The molecule has 0 aliphatic carbocycles. The third kappa shape index (κ3) is 5.39. The Balaban J connectivity index is 2.37. The molecule has 1 aromatic rings. The molecule has 0 bridgehead atoms. The van der Waals surface area contributed by atoms with E-state index in [1.54, 1.807) is 13.0 Å². The first-order chi connectivity index (χ1) is 8.61. The highest BCUT2D eigenvalue weighted by Gasteiger charge is 2.03. The number of hydrogen-bond acceptors (Lipinski definition) is 2. The third-order valence-corrected chi connectivity index (χ3v) is 2.33. The van der Waals surface area contributed by atoms with E-state index in [4.69, 9.17) is 0 Å². The molecule has 0 aromatic carbocycles. The van der Waals surface area contributed by atoms with Gasteiger partial charge in [0.1, 0.15) is 0 Å². The van der Waals surface area contributed by atoms with Crippen LogP contribution >= 0.6 is 0 Å². The van der Waals surface area contributed by atoms with Crippen molar-refractivity contribution < 1.29 is 4.79 Å². The summed E-state index contributed by atoms with van der Waals surface area (Å²) < 4.78 is 1.83. The van der Waals surface area contributed by atoms with E-state index in [1.165, 1.54) is 0 Å². The highest BCUT2D eigenvalue weighted by molar-refractivity contribution is 5.88. The molecule has 0 aliphatic heterocycles. The topological polar surface area (TPSA) is 59.0 Å². The Morgan fingerprint density at radius 1 is 1.56 bits per heavy atom. The van der Waals surface area contributed by atoms with Gasteiger partial charge in [0.15, 0.2) is 5.82 Å². The average Bonchev–Trinajstić information content (AvgIpc) is 2.74. The van der Waals surface area contributed by atoms with Gasteiger partial charge in [-0.15, -0.1) is 5.92 Å². The van der Waals surface area contributed by atoms with Gasteiger partial charge in [-0.2, -0.15) is 5.10 Å². The molecule has 0 radical (unpaired) electrons. The first-order valence-corrected chi connectivity index (χ1v) is 6.09. The standard InChI is InChI=1S/C13H20N4O/c1-4-5-8-14-13(18)15-12-7-10-17(16-12)9-6-11(2)3/h7,10-11H,6,8-9H2,1-3H3,(H2,14,15,16,18). The second-order valence-electron chi connectivity index (χ2n) is 4.38. The fraction of sp³-hybridized carbons (Fsp3) is 0.538. The first-order valence-electron chi connectivity index (χ1n) is 6.09. The van der Waals surface area contributed by atoms with Gasteiger partial charge in [0.05, 0.1) is 6.54 Å². The van der Waals surface area contributed by atoms with Crippen molar-refractivity contribution >= 4 is 11.8 Å². The van der Waals surface area contributed by atoms with Crippen LogP contribution in [0.3, 0.4) is 0 Å². The van der Waals surface area contributed by atoms with Crippen LogP contribution in [-0.4, -0.2) is 22.4 Å². The number of amides is 2.